The summed E-state index contributed by atoms with van der Waals surface area (Å²) < 4.78 is 10.7. The zero-order valence-electron chi connectivity index (χ0n) is 14.4. The monoisotopic (exact) mass is 373 g/mol. The summed E-state index contributed by atoms with van der Waals surface area (Å²) in [5.41, 5.74) is 5.70. The average Bonchev–Trinajstić information content (AvgIpc) is 3.03. The third kappa shape index (κ3) is 6.40. The van der Waals surface area contributed by atoms with Crippen LogP contribution < -0.4 is 20.9 Å². The van der Waals surface area contributed by atoms with Gasteiger partial charge in [0, 0.05) is 6.08 Å². The van der Waals surface area contributed by atoms with Crippen LogP contribution in [0.25, 0.3) is 6.08 Å². The van der Waals surface area contributed by atoms with E-state index in [0.29, 0.717) is 11.5 Å². The lowest BCUT2D eigenvalue weighted by Gasteiger charge is -2.11. The van der Waals surface area contributed by atoms with E-state index in [2.05, 4.69) is 16.2 Å². The lowest BCUT2D eigenvalue weighted by atomic mass is 10.2. The lowest BCUT2D eigenvalue weighted by Crippen LogP contribution is -2.49. The summed E-state index contributed by atoms with van der Waals surface area (Å²) in [7, 11) is 0. The Labute approximate surface area is 156 Å². The Morgan fingerprint density at radius 1 is 1.15 bits per heavy atom. The van der Waals surface area contributed by atoms with Crippen LogP contribution in [0.1, 0.15) is 17.1 Å². The number of ether oxygens (including phenoxy) is 1. The van der Waals surface area contributed by atoms with Gasteiger partial charge in [-0.1, -0.05) is 18.2 Å². The van der Waals surface area contributed by atoms with E-state index in [1.165, 1.54) is 12.2 Å². The van der Waals surface area contributed by atoms with E-state index in [4.69, 9.17) is 21.4 Å². The van der Waals surface area contributed by atoms with Crippen LogP contribution in [0, 0.1) is 13.8 Å². The fraction of sp³-hybridized carbons (Fsp3) is 0.167. The van der Waals surface area contributed by atoms with Crippen molar-refractivity contribution < 1.29 is 18.7 Å². The predicted molar refractivity (Wildman–Crippen MR) is 101 cm³/mol. The molecule has 0 bridgehead atoms. The molecule has 0 fully saturated rings. The van der Waals surface area contributed by atoms with Crippen molar-refractivity contribution in [1.82, 2.24) is 16.2 Å². The van der Waals surface area contributed by atoms with Crippen LogP contribution in [0.3, 0.4) is 0 Å². The van der Waals surface area contributed by atoms with Crippen LogP contribution >= 0.6 is 12.2 Å². The van der Waals surface area contributed by atoms with Crippen molar-refractivity contribution in [3.8, 4) is 5.75 Å². The number of benzene rings is 1. The highest BCUT2D eigenvalue weighted by molar-refractivity contribution is 7.80. The van der Waals surface area contributed by atoms with Crippen LogP contribution in [0.15, 0.2) is 46.9 Å². The van der Waals surface area contributed by atoms with E-state index in [1.807, 2.05) is 32.0 Å². The smallest absolute Gasteiger partial charge is 0.276 e. The number of nitrogens with one attached hydrogen (secondary N) is 3. The number of hydrazine groups is 1. The molecule has 2 amide bonds. The van der Waals surface area contributed by atoms with Gasteiger partial charge in [-0.15, -0.1) is 0 Å². The van der Waals surface area contributed by atoms with Crippen molar-refractivity contribution >= 4 is 35.2 Å². The van der Waals surface area contributed by atoms with Gasteiger partial charge in [-0.2, -0.15) is 0 Å². The highest BCUT2D eigenvalue weighted by Crippen LogP contribution is 2.15. The van der Waals surface area contributed by atoms with Gasteiger partial charge in [0.2, 0.25) is 5.91 Å². The van der Waals surface area contributed by atoms with Gasteiger partial charge in [0.1, 0.15) is 17.3 Å². The first kappa shape index (κ1) is 19.2. The summed E-state index contributed by atoms with van der Waals surface area (Å²) in [5, 5.41) is 2.35. The van der Waals surface area contributed by atoms with Crippen molar-refractivity contribution in [2.75, 3.05) is 6.61 Å². The summed E-state index contributed by atoms with van der Waals surface area (Å²) in [6.45, 7) is 3.50. The summed E-state index contributed by atoms with van der Waals surface area (Å²) in [5.74, 6) is 1.03. The molecule has 1 aromatic carbocycles. The van der Waals surface area contributed by atoms with Gasteiger partial charge in [0.05, 0.1) is 0 Å². The van der Waals surface area contributed by atoms with Crippen molar-refractivity contribution in [2.24, 2.45) is 0 Å². The second-order valence-electron chi connectivity index (χ2n) is 5.33. The second kappa shape index (κ2) is 9.38. The molecule has 2 rings (SSSR count). The molecule has 0 atom stereocenters. The minimum atomic E-state index is -0.457. The highest BCUT2D eigenvalue weighted by atomic mass is 32.1. The molecule has 7 nitrogen and oxygen atoms in total. The van der Waals surface area contributed by atoms with E-state index >= 15 is 0 Å². The molecule has 0 saturated heterocycles. The predicted octanol–water partition coefficient (Wildman–Crippen LogP) is 2.01. The topological polar surface area (TPSA) is 92.6 Å². The Morgan fingerprint density at radius 2 is 1.92 bits per heavy atom. The number of furan rings is 1. The highest BCUT2D eigenvalue weighted by Gasteiger charge is 2.06. The Hall–Kier alpha value is -3.13. The molecule has 0 unspecified atom stereocenters. The molecule has 0 aliphatic carbocycles. The van der Waals surface area contributed by atoms with E-state index < -0.39 is 11.8 Å². The third-order valence-corrected chi connectivity index (χ3v) is 3.37. The van der Waals surface area contributed by atoms with Crippen molar-refractivity contribution in [1.29, 1.82) is 0 Å². The fourth-order valence-corrected chi connectivity index (χ4v) is 2.06. The molecule has 8 heteroatoms. The van der Waals surface area contributed by atoms with Gasteiger partial charge in [0.15, 0.2) is 11.7 Å². The number of thiocarbonyl (C=S) groups is 1. The largest absolute Gasteiger partial charge is 0.483 e. The quantitative estimate of drug-likeness (QED) is 0.422. The number of carbonyl (C=O) groups is 2. The summed E-state index contributed by atoms with van der Waals surface area (Å²) in [4.78, 5) is 23.5. The van der Waals surface area contributed by atoms with Crippen molar-refractivity contribution in [2.45, 2.75) is 13.8 Å². The Bertz CT molecular complexity index is 829. The van der Waals surface area contributed by atoms with E-state index in [1.54, 1.807) is 18.2 Å². The minimum absolute atomic E-state index is 0.0421. The molecule has 0 aliphatic heterocycles. The number of hydrogen-bond donors (Lipinski definition) is 3. The molecular formula is C18H19N3O4S. The lowest BCUT2D eigenvalue weighted by molar-refractivity contribution is -0.123. The van der Waals surface area contributed by atoms with Gasteiger partial charge in [-0.05, 0) is 55.9 Å². The van der Waals surface area contributed by atoms with Gasteiger partial charge in [-0.3, -0.25) is 25.8 Å². The second-order valence-corrected chi connectivity index (χ2v) is 5.74. The molecule has 1 heterocycles. The van der Waals surface area contributed by atoms with Crippen molar-refractivity contribution in [3.05, 3.63) is 59.6 Å². The molecule has 26 heavy (non-hydrogen) atoms. The van der Waals surface area contributed by atoms with E-state index in [9.17, 15) is 9.59 Å². The molecular weight excluding hydrogens is 354 g/mol. The standard InChI is InChI=1S/C18H19N3O4S/c1-12-5-3-4-6-15(12)24-11-17(23)20-21-18(26)19-16(22)10-9-14-8-7-13(2)25-14/h3-10H,11H2,1-2H3,(H,20,23)(H2,19,21,22,26)/b10-9+. The number of amides is 2. The SMILES string of the molecule is Cc1ccc(/C=C/C(=O)NC(=S)NNC(=O)COc2ccccc2C)o1. The molecule has 0 saturated carbocycles. The summed E-state index contributed by atoms with van der Waals surface area (Å²) >= 11 is 4.93. The average molecular weight is 373 g/mol. The van der Waals surface area contributed by atoms with E-state index in [-0.39, 0.29) is 11.7 Å². The maximum Gasteiger partial charge on any atom is 0.276 e. The Balaban J connectivity index is 1.69. The Kier molecular flexibility index (Phi) is 6.92. The fourth-order valence-electron chi connectivity index (χ4n) is 1.91. The third-order valence-electron chi connectivity index (χ3n) is 3.16. The number of aryl methyl sites for hydroxylation is 2. The summed E-state index contributed by atoms with van der Waals surface area (Å²) in [6.07, 6.45) is 2.79. The summed E-state index contributed by atoms with van der Waals surface area (Å²) in [6, 6.07) is 10.9. The zero-order valence-corrected chi connectivity index (χ0v) is 15.2. The first-order valence-electron chi connectivity index (χ1n) is 7.77. The number of para-hydroxylation sites is 1. The molecule has 0 radical (unpaired) electrons. The number of hydrogen-bond acceptors (Lipinski definition) is 5. The minimum Gasteiger partial charge on any atom is -0.483 e. The molecule has 2 aromatic rings. The van der Waals surface area contributed by atoms with Crippen molar-refractivity contribution in [3.63, 3.8) is 0 Å². The van der Waals surface area contributed by atoms with Crippen LogP contribution in [0.2, 0.25) is 0 Å². The maximum atomic E-state index is 11.7. The van der Waals surface area contributed by atoms with Crippen LogP contribution in [-0.2, 0) is 9.59 Å². The molecule has 3 N–H and O–H groups in total. The number of carbonyl (C=O) groups excluding carboxylic acids is 2. The van der Waals surface area contributed by atoms with E-state index in [0.717, 1.165) is 11.3 Å². The zero-order chi connectivity index (χ0) is 18.9. The van der Waals surface area contributed by atoms with Crippen LogP contribution in [0.4, 0.5) is 0 Å². The van der Waals surface area contributed by atoms with Gasteiger partial charge >= 0.3 is 0 Å². The van der Waals surface area contributed by atoms with Gasteiger partial charge in [0.25, 0.3) is 5.91 Å². The molecule has 0 aliphatic rings. The first-order valence-corrected chi connectivity index (χ1v) is 8.17. The molecule has 136 valence electrons. The van der Waals surface area contributed by atoms with Gasteiger partial charge < -0.3 is 9.15 Å². The van der Waals surface area contributed by atoms with Gasteiger partial charge in [-0.25, -0.2) is 0 Å². The normalized spacial score (nSPS) is 10.4. The maximum absolute atomic E-state index is 11.7. The molecule has 1 aromatic heterocycles. The Morgan fingerprint density at radius 3 is 2.62 bits per heavy atom. The number of rotatable bonds is 5. The first-order chi connectivity index (χ1) is 12.4. The molecule has 0 spiro atoms. The van der Waals surface area contributed by atoms with Crippen LogP contribution in [-0.4, -0.2) is 23.5 Å². The van der Waals surface area contributed by atoms with Crippen LogP contribution in [0.5, 0.6) is 5.75 Å².